The van der Waals surface area contributed by atoms with E-state index in [0.29, 0.717) is 11.7 Å². The number of nitrogens with one attached hydrogen (secondary N) is 1. The SMILES string of the molecule is CCCCSCC(=O)N1CCCNCC1. The van der Waals surface area contributed by atoms with E-state index in [2.05, 4.69) is 12.2 Å². The molecule has 1 amide bonds. The van der Waals surface area contributed by atoms with Gasteiger partial charge in [-0.25, -0.2) is 0 Å². The molecule has 1 aliphatic rings. The van der Waals surface area contributed by atoms with Crippen molar-refractivity contribution in [1.29, 1.82) is 0 Å². The fourth-order valence-corrected chi connectivity index (χ4v) is 2.59. The summed E-state index contributed by atoms with van der Waals surface area (Å²) in [7, 11) is 0. The quantitative estimate of drug-likeness (QED) is 0.724. The summed E-state index contributed by atoms with van der Waals surface area (Å²) < 4.78 is 0. The Hall–Kier alpha value is -0.220. The zero-order valence-electron chi connectivity index (χ0n) is 9.63. The van der Waals surface area contributed by atoms with Crippen LogP contribution in [0.15, 0.2) is 0 Å². The number of thioether (sulfide) groups is 1. The van der Waals surface area contributed by atoms with Crippen molar-refractivity contribution < 1.29 is 4.79 Å². The zero-order valence-corrected chi connectivity index (χ0v) is 10.4. The smallest absolute Gasteiger partial charge is 0.232 e. The highest BCUT2D eigenvalue weighted by Gasteiger charge is 2.14. The van der Waals surface area contributed by atoms with Crippen LogP contribution >= 0.6 is 11.8 Å². The first-order valence-corrected chi connectivity index (χ1v) is 7.06. The normalized spacial score (nSPS) is 17.5. The summed E-state index contributed by atoms with van der Waals surface area (Å²) in [5.74, 6) is 2.11. The lowest BCUT2D eigenvalue weighted by Crippen LogP contribution is -2.35. The van der Waals surface area contributed by atoms with Crippen LogP contribution in [0.1, 0.15) is 26.2 Å². The van der Waals surface area contributed by atoms with E-state index in [9.17, 15) is 4.79 Å². The minimum Gasteiger partial charge on any atom is -0.341 e. The molecule has 0 saturated carbocycles. The van der Waals surface area contributed by atoms with Gasteiger partial charge in [-0.15, -0.1) is 0 Å². The van der Waals surface area contributed by atoms with E-state index in [1.54, 1.807) is 11.8 Å². The molecule has 0 aliphatic carbocycles. The lowest BCUT2D eigenvalue weighted by atomic mass is 10.4. The predicted octanol–water partition coefficient (Wildman–Crippen LogP) is 1.34. The Kier molecular flexibility index (Phi) is 6.85. The standard InChI is InChI=1S/C11H22N2OS/c1-2-3-9-15-10-11(14)13-7-4-5-12-6-8-13/h12H,2-10H2,1H3. The van der Waals surface area contributed by atoms with Crippen molar-refractivity contribution in [3.05, 3.63) is 0 Å². The average molecular weight is 230 g/mol. The van der Waals surface area contributed by atoms with Crippen LogP contribution in [0, 0.1) is 0 Å². The highest BCUT2D eigenvalue weighted by molar-refractivity contribution is 7.99. The molecule has 15 heavy (non-hydrogen) atoms. The van der Waals surface area contributed by atoms with Gasteiger partial charge in [0.05, 0.1) is 5.75 Å². The average Bonchev–Trinajstić information content (AvgIpc) is 2.52. The molecule has 0 bridgehead atoms. The minimum absolute atomic E-state index is 0.319. The second kappa shape index (κ2) is 7.99. The molecule has 0 aromatic rings. The third-order valence-corrected chi connectivity index (χ3v) is 3.59. The largest absolute Gasteiger partial charge is 0.341 e. The van der Waals surface area contributed by atoms with Crippen LogP contribution < -0.4 is 5.32 Å². The molecule has 4 heteroatoms. The van der Waals surface area contributed by atoms with Gasteiger partial charge in [0.1, 0.15) is 0 Å². The summed E-state index contributed by atoms with van der Waals surface area (Å²) in [6.45, 7) is 5.99. The Balaban J connectivity index is 2.14. The van der Waals surface area contributed by atoms with E-state index in [-0.39, 0.29) is 0 Å². The van der Waals surface area contributed by atoms with Crippen molar-refractivity contribution in [2.24, 2.45) is 0 Å². The molecule has 1 heterocycles. The topological polar surface area (TPSA) is 32.3 Å². The van der Waals surface area contributed by atoms with E-state index >= 15 is 0 Å². The first kappa shape index (κ1) is 12.8. The summed E-state index contributed by atoms with van der Waals surface area (Å²) >= 11 is 1.77. The van der Waals surface area contributed by atoms with E-state index < -0.39 is 0 Å². The van der Waals surface area contributed by atoms with Gasteiger partial charge in [0.25, 0.3) is 0 Å². The molecule has 0 aromatic heterocycles. The lowest BCUT2D eigenvalue weighted by Gasteiger charge is -2.19. The summed E-state index contributed by atoms with van der Waals surface area (Å²) in [5.41, 5.74) is 0. The number of amides is 1. The maximum atomic E-state index is 11.8. The van der Waals surface area contributed by atoms with E-state index in [1.807, 2.05) is 4.90 Å². The highest BCUT2D eigenvalue weighted by Crippen LogP contribution is 2.07. The maximum absolute atomic E-state index is 11.8. The molecule has 0 aromatic carbocycles. The second-order valence-electron chi connectivity index (χ2n) is 3.89. The van der Waals surface area contributed by atoms with Crippen LogP contribution in [0.4, 0.5) is 0 Å². The molecular weight excluding hydrogens is 208 g/mol. The zero-order chi connectivity index (χ0) is 10.9. The van der Waals surface area contributed by atoms with Crippen LogP contribution in [0.2, 0.25) is 0 Å². The van der Waals surface area contributed by atoms with Crippen LogP contribution in [0.5, 0.6) is 0 Å². The predicted molar refractivity (Wildman–Crippen MR) is 66.3 cm³/mol. The summed E-state index contributed by atoms with van der Waals surface area (Å²) in [5, 5.41) is 3.31. The second-order valence-corrected chi connectivity index (χ2v) is 5.00. The molecular formula is C11H22N2OS. The third kappa shape index (κ3) is 5.42. The monoisotopic (exact) mass is 230 g/mol. The van der Waals surface area contributed by atoms with Gasteiger partial charge in [0.2, 0.25) is 5.91 Å². The number of rotatable bonds is 5. The molecule has 1 saturated heterocycles. The van der Waals surface area contributed by atoms with Gasteiger partial charge in [-0.2, -0.15) is 11.8 Å². The number of hydrogen-bond acceptors (Lipinski definition) is 3. The van der Waals surface area contributed by atoms with Gasteiger partial charge >= 0.3 is 0 Å². The number of nitrogens with zero attached hydrogens (tertiary/aromatic N) is 1. The first-order valence-electron chi connectivity index (χ1n) is 5.91. The Morgan fingerprint density at radius 1 is 1.40 bits per heavy atom. The molecule has 88 valence electrons. The maximum Gasteiger partial charge on any atom is 0.232 e. The molecule has 0 spiro atoms. The van der Waals surface area contributed by atoms with Crippen molar-refractivity contribution in [3.8, 4) is 0 Å². The van der Waals surface area contributed by atoms with Crippen molar-refractivity contribution in [1.82, 2.24) is 10.2 Å². The van der Waals surface area contributed by atoms with Crippen LogP contribution in [0.25, 0.3) is 0 Å². The van der Waals surface area contributed by atoms with Crippen molar-refractivity contribution in [3.63, 3.8) is 0 Å². The lowest BCUT2D eigenvalue weighted by molar-refractivity contribution is -0.128. The van der Waals surface area contributed by atoms with Crippen LogP contribution in [-0.4, -0.2) is 48.5 Å². The number of hydrogen-bond donors (Lipinski definition) is 1. The van der Waals surface area contributed by atoms with Gasteiger partial charge in [0.15, 0.2) is 0 Å². The Bertz CT molecular complexity index is 179. The molecule has 1 fully saturated rings. The molecule has 0 atom stereocenters. The number of unbranched alkanes of at least 4 members (excludes halogenated alkanes) is 1. The minimum atomic E-state index is 0.319. The molecule has 3 nitrogen and oxygen atoms in total. The van der Waals surface area contributed by atoms with Crippen molar-refractivity contribution in [2.45, 2.75) is 26.2 Å². The third-order valence-electron chi connectivity index (χ3n) is 2.56. The number of carbonyl (C=O) groups is 1. The van der Waals surface area contributed by atoms with Gasteiger partial charge in [0, 0.05) is 19.6 Å². The summed E-state index contributed by atoms with van der Waals surface area (Å²) in [6, 6.07) is 0. The van der Waals surface area contributed by atoms with Gasteiger partial charge < -0.3 is 10.2 Å². The van der Waals surface area contributed by atoms with Crippen LogP contribution in [0.3, 0.4) is 0 Å². The van der Waals surface area contributed by atoms with E-state index in [4.69, 9.17) is 0 Å². The Morgan fingerprint density at radius 2 is 2.27 bits per heavy atom. The van der Waals surface area contributed by atoms with Crippen LogP contribution in [-0.2, 0) is 4.79 Å². The van der Waals surface area contributed by atoms with Crippen molar-refractivity contribution in [2.75, 3.05) is 37.7 Å². The fourth-order valence-electron chi connectivity index (χ4n) is 1.59. The molecule has 1 aliphatic heterocycles. The van der Waals surface area contributed by atoms with Crippen molar-refractivity contribution >= 4 is 17.7 Å². The first-order chi connectivity index (χ1) is 7.34. The van der Waals surface area contributed by atoms with Gasteiger partial charge in [-0.3, -0.25) is 4.79 Å². The highest BCUT2D eigenvalue weighted by atomic mass is 32.2. The Labute approximate surface area is 97.0 Å². The molecule has 1 N–H and O–H groups in total. The Morgan fingerprint density at radius 3 is 3.07 bits per heavy atom. The summed E-state index contributed by atoms with van der Waals surface area (Å²) in [6.07, 6.45) is 3.53. The molecule has 0 unspecified atom stereocenters. The number of carbonyl (C=O) groups excluding carboxylic acids is 1. The summed E-state index contributed by atoms with van der Waals surface area (Å²) in [4.78, 5) is 13.8. The molecule has 0 radical (unpaired) electrons. The molecule has 1 rings (SSSR count). The van der Waals surface area contributed by atoms with Gasteiger partial charge in [-0.1, -0.05) is 13.3 Å². The van der Waals surface area contributed by atoms with E-state index in [0.717, 1.165) is 38.4 Å². The fraction of sp³-hybridized carbons (Fsp3) is 0.909. The van der Waals surface area contributed by atoms with Gasteiger partial charge in [-0.05, 0) is 25.1 Å². The van der Waals surface area contributed by atoms with E-state index in [1.165, 1.54) is 12.8 Å².